The maximum absolute atomic E-state index is 4.15. The fourth-order valence-electron chi connectivity index (χ4n) is 1.19. The molecule has 0 fully saturated rings. The summed E-state index contributed by atoms with van der Waals surface area (Å²) in [6, 6.07) is 0.404. The van der Waals surface area contributed by atoms with E-state index in [0.717, 1.165) is 11.2 Å². The van der Waals surface area contributed by atoms with Crippen LogP contribution in [0.2, 0.25) is 0 Å². The monoisotopic (exact) mass is 178 g/mol. The summed E-state index contributed by atoms with van der Waals surface area (Å²) < 4.78 is 2.05. The molecular formula is C9H14N4. The summed E-state index contributed by atoms with van der Waals surface area (Å²) >= 11 is 0. The van der Waals surface area contributed by atoms with Gasteiger partial charge in [-0.1, -0.05) is 7.43 Å². The minimum Gasteiger partial charge on any atom is -0.325 e. The van der Waals surface area contributed by atoms with Crippen molar-refractivity contribution in [3.05, 3.63) is 18.9 Å². The molecule has 0 spiro atoms. The molecule has 0 saturated heterocycles. The molecule has 13 heavy (non-hydrogen) atoms. The van der Waals surface area contributed by atoms with Crippen molar-refractivity contribution < 1.29 is 0 Å². The van der Waals surface area contributed by atoms with E-state index in [2.05, 4.69) is 33.4 Å². The van der Waals surface area contributed by atoms with Crippen LogP contribution in [-0.2, 0) is 0 Å². The number of hydrogen-bond donors (Lipinski definition) is 0. The van der Waals surface area contributed by atoms with E-state index in [0.29, 0.717) is 6.04 Å². The van der Waals surface area contributed by atoms with Crippen molar-refractivity contribution in [1.82, 2.24) is 19.5 Å². The Hall–Kier alpha value is -1.45. The van der Waals surface area contributed by atoms with Crippen LogP contribution in [0.1, 0.15) is 27.3 Å². The summed E-state index contributed by atoms with van der Waals surface area (Å²) in [6.07, 6.45) is 5.10. The third-order valence-corrected chi connectivity index (χ3v) is 1.81. The SMILES string of the molecule is C.CC(C)n1cnc2ncncc21. The molecule has 0 bridgehead atoms. The van der Waals surface area contributed by atoms with Gasteiger partial charge in [-0.05, 0) is 13.8 Å². The third kappa shape index (κ3) is 1.52. The molecule has 0 amide bonds. The largest absolute Gasteiger partial charge is 0.325 e. The van der Waals surface area contributed by atoms with Crippen molar-refractivity contribution in [2.45, 2.75) is 27.3 Å². The minimum absolute atomic E-state index is 0. The van der Waals surface area contributed by atoms with Gasteiger partial charge in [0, 0.05) is 6.04 Å². The van der Waals surface area contributed by atoms with Crippen LogP contribution in [0, 0.1) is 0 Å². The van der Waals surface area contributed by atoms with Crippen LogP contribution < -0.4 is 0 Å². The highest BCUT2D eigenvalue weighted by Gasteiger charge is 2.04. The van der Waals surface area contributed by atoms with Crippen molar-refractivity contribution in [1.29, 1.82) is 0 Å². The number of imidazole rings is 1. The number of fused-ring (bicyclic) bond motifs is 1. The summed E-state index contributed by atoms with van der Waals surface area (Å²) in [5.74, 6) is 0. The van der Waals surface area contributed by atoms with Gasteiger partial charge >= 0.3 is 0 Å². The lowest BCUT2D eigenvalue weighted by Crippen LogP contribution is -1.98. The van der Waals surface area contributed by atoms with Crippen LogP contribution >= 0.6 is 0 Å². The second-order valence-corrected chi connectivity index (χ2v) is 2.98. The Balaban J connectivity index is 0.000000845. The van der Waals surface area contributed by atoms with E-state index in [4.69, 9.17) is 0 Å². The zero-order chi connectivity index (χ0) is 8.55. The second-order valence-electron chi connectivity index (χ2n) is 2.98. The number of aromatic nitrogens is 4. The molecule has 2 heterocycles. The van der Waals surface area contributed by atoms with Gasteiger partial charge in [-0.2, -0.15) is 0 Å². The lowest BCUT2D eigenvalue weighted by Gasteiger charge is -2.05. The van der Waals surface area contributed by atoms with Crippen molar-refractivity contribution in [2.75, 3.05) is 0 Å². The lowest BCUT2D eigenvalue weighted by atomic mass is 10.4. The van der Waals surface area contributed by atoms with E-state index >= 15 is 0 Å². The molecule has 2 aromatic rings. The molecule has 0 atom stereocenters. The Morgan fingerprint density at radius 3 is 2.77 bits per heavy atom. The van der Waals surface area contributed by atoms with Gasteiger partial charge in [0.1, 0.15) is 11.8 Å². The minimum atomic E-state index is 0. The van der Waals surface area contributed by atoms with E-state index < -0.39 is 0 Å². The van der Waals surface area contributed by atoms with E-state index in [9.17, 15) is 0 Å². The number of nitrogens with zero attached hydrogens (tertiary/aromatic N) is 4. The van der Waals surface area contributed by atoms with E-state index in [1.807, 2.05) is 0 Å². The van der Waals surface area contributed by atoms with Gasteiger partial charge in [0.2, 0.25) is 0 Å². The van der Waals surface area contributed by atoms with Gasteiger partial charge in [-0.25, -0.2) is 15.0 Å². The number of hydrogen-bond acceptors (Lipinski definition) is 3. The predicted octanol–water partition coefficient (Wildman–Crippen LogP) is 2.04. The van der Waals surface area contributed by atoms with Gasteiger partial charge < -0.3 is 4.57 Å². The van der Waals surface area contributed by atoms with Crippen LogP contribution in [0.15, 0.2) is 18.9 Å². The van der Waals surface area contributed by atoms with E-state index in [-0.39, 0.29) is 7.43 Å². The first-order chi connectivity index (χ1) is 5.79. The third-order valence-electron chi connectivity index (χ3n) is 1.81. The molecule has 0 saturated carbocycles. The predicted molar refractivity (Wildman–Crippen MR) is 52.4 cm³/mol. The van der Waals surface area contributed by atoms with E-state index in [1.54, 1.807) is 12.5 Å². The van der Waals surface area contributed by atoms with E-state index in [1.165, 1.54) is 6.33 Å². The molecule has 0 aromatic carbocycles. The topological polar surface area (TPSA) is 43.6 Å². The van der Waals surface area contributed by atoms with Gasteiger partial charge in [-0.15, -0.1) is 0 Å². The molecule has 2 rings (SSSR count). The van der Waals surface area contributed by atoms with Gasteiger partial charge in [-0.3, -0.25) is 0 Å². The fraction of sp³-hybridized carbons (Fsp3) is 0.444. The average molecular weight is 178 g/mol. The normalized spacial score (nSPS) is 10.4. The average Bonchev–Trinajstić information content (AvgIpc) is 2.47. The second kappa shape index (κ2) is 3.51. The molecular weight excluding hydrogens is 164 g/mol. The van der Waals surface area contributed by atoms with Crippen LogP contribution in [0.4, 0.5) is 0 Å². The molecule has 0 unspecified atom stereocenters. The molecule has 0 aliphatic rings. The molecule has 2 aromatic heterocycles. The first kappa shape index (κ1) is 9.64. The fourth-order valence-corrected chi connectivity index (χ4v) is 1.19. The van der Waals surface area contributed by atoms with Crippen molar-refractivity contribution in [3.63, 3.8) is 0 Å². The van der Waals surface area contributed by atoms with Crippen LogP contribution in [-0.4, -0.2) is 19.5 Å². The van der Waals surface area contributed by atoms with Crippen molar-refractivity contribution in [3.8, 4) is 0 Å². The van der Waals surface area contributed by atoms with Gasteiger partial charge in [0.05, 0.1) is 12.5 Å². The maximum atomic E-state index is 4.15. The highest BCUT2D eigenvalue weighted by molar-refractivity contribution is 5.69. The molecule has 4 nitrogen and oxygen atoms in total. The van der Waals surface area contributed by atoms with Crippen LogP contribution in [0.5, 0.6) is 0 Å². The molecule has 0 N–H and O–H groups in total. The quantitative estimate of drug-likeness (QED) is 0.671. The molecule has 0 radical (unpaired) electrons. The Kier molecular flexibility index (Phi) is 2.60. The van der Waals surface area contributed by atoms with Crippen LogP contribution in [0.25, 0.3) is 11.2 Å². The zero-order valence-corrected chi connectivity index (χ0v) is 7.10. The van der Waals surface area contributed by atoms with Crippen molar-refractivity contribution >= 4 is 11.2 Å². The Bertz CT molecular complexity index is 391. The lowest BCUT2D eigenvalue weighted by molar-refractivity contribution is 0.617. The molecule has 0 aliphatic heterocycles. The van der Waals surface area contributed by atoms with Gasteiger partial charge in [0.15, 0.2) is 5.65 Å². The standard InChI is InChI=1S/C8H10N4.CH4/c1-6(2)12-5-11-8-7(12)3-9-4-10-8;/h3-6H,1-2H3;1H4. The Morgan fingerprint density at radius 2 is 2.08 bits per heavy atom. The first-order valence-corrected chi connectivity index (χ1v) is 3.91. The maximum Gasteiger partial charge on any atom is 0.180 e. The number of rotatable bonds is 1. The zero-order valence-electron chi connectivity index (χ0n) is 7.10. The first-order valence-electron chi connectivity index (χ1n) is 3.91. The molecule has 70 valence electrons. The summed E-state index contributed by atoms with van der Waals surface area (Å²) in [7, 11) is 0. The van der Waals surface area contributed by atoms with Crippen LogP contribution in [0.3, 0.4) is 0 Å². The molecule has 0 aliphatic carbocycles. The highest BCUT2D eigenvalue weighted by Crippen LogP contribution is 2.13. The highest BCUT2D eigenvalue weighted by atomic mass is 15.1. The Labute approximate surface area is 77.7 Å². The summed E-state index contributed by atoms with van der Waals surface area (Å²) in [5.41, 5.74) is 1.76. The smallest absolute Gasteiger partial charge is 0.180 e. The summed E-state index contributed by atoms with van der Waals surface area (Å²) in [5, 5.41) is 0. The summed E-state index contributed by atoms with van der Waals surface area (Å²) in [6.45, 7) is 4.21. The summed E-state index contributed by atoms with van der Waals surface area (Å²) in [4.78, 5) is 12.1. The molecule has 4 heteroatoms. The Morgan fingerprint density at radius 1 is 1.31 bits per heavy atom. The van der Waals surface area contributed by atoms with Crippen molar-refractivity contribution in [2.24, 2.45) is 0 Å². The van der Waals surface area contributed by atoms with Gasteiger partial charge in [0.25, 0.3) is 0 Å².